The number of hydrogen-bond acceptors (Lipinski definition) is 2. The first-order valence-corrected chi connectivity index (χ1v) is 7.00. The monoisotopic (exact) mass is 277 g/mol. The third kappa shape index (κ3) is 4.53. The van der Waals surface area contributed by atoms with Crippen LogP contribution in [0.3, 0.4) is 0 Å². The summed E-state index contributed by atoms with van der Waals surface area (Å²) in [6.07, 6.45) is -1.98. The molecule has 0 radical (unpaired) electrons. The Morgan fingerprint density at radius 3 is 2.56 bits per heavy atom. The fourth-order valence-electron chi connectivity index (χ4n) is 1.62. The molecular weight excluding hydrogens is 259 g/mol. The molecule has 18 heavy (non-hydrogen) atoms. The van der Waals surface area contributed by atoms with Gasteiger partial charge in [0.15, 0.2) is 0 Å². The summed E-state index contributed by atoms with van der Waals surface area (Å²) in [5.74, 6) is 0.851. The van der Waals surface area contributed by atoms with Gasteiger partial charge in [-0.15, -0.1) is 11.8 Å². The Balaban J connectivity index is 2.91. The summed E-state index contributed by atoms with van der Waals surface area (Å²) in [6, 6.07) is 4.54. The Labute approximate surface area is 110 Å². The highest BCUT2D eigenvalue weighted by Gasteiger charge is 2.33. The summed E-state index contributed by atoms with van der Waals surface area (Å²) in [4.78, 5) is 0.677. The van der Waals surface area contributed by atoms with Crippen molar-refractivity contribution < 1.29 is 13.2 Å². The summed E-state index contributed by atoms with van der Waals surface area (Å²) >= 11 is 1.47. The molecule has 0 aliphatic rings. The van der Waals surface area contributed by atoms with Gasteiger partial charge in [0.25, 0.3) is 0 Å². The number of alkyl halides is 3. The topological polar surface area (TPSA) is 26.0 Å². The highest BCUT2D eigenvalue weighted by Crippen LogP contribution is 2.35. The van der Waals surface area contributed by atoms with Crippen LogP contribution in [-0.2, 0) is 12.6 Å². The maximum atomic E-state index is 12.9. The number of rotatable bonds is 6. The van der Waals surface area contributed by atoms with Gasteiger partial charge in [0.2, 0.25) is 0 Å². The molecule has 0 atom stereocenters. The zero-order valence-corrected chi connectivity index (χ0v) is 11.2. The van der Waals surface area contributed by atoms with Crippen LogP contribution in [0.2, 0.25) is 0 Å². The van der Waals surface area contributed by atoms with E-state index in [1.54, 1.807) is 12.1 Å². The molecule has 0 fully saturated rings. The molecule has 0 bridgehead atoms. The van der Waals surface area contributed by atoms with E-state index in [9.17, 15) is 13.2 Å². The standard InChI is InChI=1S/C13H18F3NS/c1-2-3-8-18-11-5-4-10(6-7-17)12(9-11)13(14,15)16/h4-5,9H,2-3,6-8,17H2,1H3. The maximum Gasteiger partial charge on any atom is 0.416 e. The van der Waals surface area contributed by atoms with Crippen LogP contribution in [0.1, 0.15) is 30.9 Å². The van der Waals surface area contributed by atoms with Gasteiger partial charge in [-0.3, -0.25) is 0 Å². The maximum absolute atomic E-state index is 12.9. The van der Waals surface area contributed by atoms with Crippen molar-refractivity contribution in [2.24, 2.45) is 5.73 Å². The van der Waals surface area contributed by atoms with E-state index in [2.05, 4.69) is 6.92 Å². The van der Waals surface area contributed by atoms with Crippen LogP contribution >= 0.6 is 11.8 Å². The van der Waals surface area contributed by atoms with E-state index >= 15 is 0 Å². The van der Waals surface area contributed by atoms with Gasteiger partial charge < -0.3 is 5.73 Å². The average Bonchev–Trinajstić information content (AvgIpc) is 2.30. The highest BCUT2D eigenvalue weighted by atomic mass is 32.2. The Morgan fingerprint density at radius 1 is 1.28 bits per heavy atom. The van der Waals surface area contributed by atoms with E-state index in [1.807, 2.05) is 0 Å². The van der Waals surface area contributed by atoms with E-state index in [1.165, 1.54) is 17.8 Å². The van der Waals surface area contributed by atoms with Gasteiger partial charge >= 0.3 is 6.18 Å². The molecule has 1 aromatic rings. The number of halogens is 3. The lowest BCUT2D eigenvalue weighted by Crippen LogP contribution is -2.12. The lowest BCUT2D eigenvalue weighted by atomic mass is 10.0. The van der Waals surface area contributed by atoms with E-state index in [4.69, 9.17) is 5.73 Å². The zero-order valence-electron chi connectivity index (χ0n) is 10.4. The molecule has 0 unspecified atom stereocenters. The summed E-state index contributed by atoms with van der Waals surface area (Å²) in [6.45, 7) is 2.29. The van der Waals surface area contributed by atoms with Gasteiger partial charge in [-0.25, -0.2) is 0 Å². The molecule has 1 rings (SSSR count). The van der Waals surface area contributed by atoms with Crippen molar-refractivity contribution in [3.05, 3.63) is 29.3 Å². The van der Waals surface area contributed by atoms with E-state index in [-0.39, 0.29) is 18.5 Å². The third-order valence-corrected chi connectivity index (χ3v) is 3.65. The van der Waals surface area contributed by atoms with Gasteiger partial charge in [0.05, 0.1) is 5.56 Å². The Hall–Kier alpha value is -0.680. The molecule has 0 aliphatic heterocycles. The average molecular weight is 277 g/mol. The third-order valence-electron chi connectivity index (χ3n) is 2.57. The number of benzene rings is 1. The van der Waals surface area contributed by atoms with Crippen LogP contribution in [-0.4, -0.2) is 12.3 Å². The first-order valence-electron chi connectivity index (χ1n) is 6.02. The molecule has 0 heterocycles. The molecule has 0 aromatic heterocycles. The van der Waals surface area contributed by atoms with Crippen LogP contribution in [0.25, 0.3) is 0 Å². The van der Waals surface area contributed by atoms with Crippen molar-refractivity contribution in [1.29, 1.82) is 0 Å². The second-order valence-corrected chi connectivity index (χ2v) is 5.23. The van der Waals surface area contributed by atoms with Gasteiger partial charge in [-0.05, 0) is 42.8 Å². The summed E-state index contributed by atoms with van der Waals surface area (Å²) in [5, 5.41) is 0. The molecule has 0 saturated carbocycles. The molecule has 0 aliphatic carbocycles. The zero-order chi connectivity index (χ0) is 13.6. The lowest BCUT2D eigenvalue weighted by Gasteiger charge is -2.14. The van der Waals surface area contributed by atoms with Gasteiger partial charge in [-0.2, -0.15) is 13.2 Å². The first kappa shape index (κ1) is 15.4. The minimum absolute atomic E-state index is 0.228. The first-order chi connectivity index (χ1) is 8.49. The Kier molecular flexibility index (Phi) is 6.02. The lowest BCUT2D eigenvalue weighted by molar-refractivity contribution is -0.138. The van der Waals surface area contributed by atoms with Gasteiger partial charge in [0.1, 0.15) is 0 Å². The molecule has 1 nitrogen and oxygen atoms in total. The number of thioether (sulfide) groups is 1. The predicted molar refractivity (Wildman–Crippen MR) is 69.8 cm³/mol. The van der Waals surface area contributed by atoms with Crippen molar-refractivity contribution in [2.45, 2.75) is 37.3 Å². The fraction of sp³-hybridized carbons (Fsp3) is 0.538. The van der Waals surface area contributed by atoms with Crippen molar-refractivity contribution in [2.75, 3.05) is 12.3 Å². The molecule has 1 aromatic carbocycles. The largest absolute Gasteiger partial charge is 0.416 e. The van der Waals surface area contributed by atoms with Crippen molar-refractivity contribution in [1.82, 2.24) is 0 Å². The second kappa shape index (κ2) is 7.04. The van der Waals surface area contributed by atoms with Gasteiger partial charge in [-0.1, -0.05) is 19.4 Å². The summed E-state index contributed by atoms with van der Waals surface area (Å²) < 4.78 is 38.7. The fourth-order valence-corrected chi connectivity index (χ4v) is 2.65. The molecule has 2 N–H and O–H groups in total. The quantitative estimate of drug-likeness (QED) is 0.626. The highest BCUT2D eigenvalue weighted by molar-refractivity contribution is 7.99. The Morgan fingerprint density at radius 2 is 2.00 bits per heavy atom. The second-order valence-electron chi connectivity index (χ2n) is 4.06. The summed E-state index contributed by atoms with van der Waals surface area (Å²) in [7, 11) is 0. The SMILES string of the molecule is CCCCSc1ccc(CCN)c(C(F)(F)F)c1. The number of unbranched alkanes of at least 4 members (excludes halogenated alkanes) is 1. The molecule has 102 valence electrons. The number of nitrogens with two attached hydrogens (primary N) is 1. The van der Waals surface area contributed by atoms with E-state index < -0.39 is 11.7 Å². The van der Waals surface area contributed by atoms with Crippen molar-refractivity contribution >= 4 is 11.8 Å². The predicted octanol–water partition coefficient (Wildman–Crippen LogP) is 4.10. The minimum Gasteiger partial charge on any atom is -0.330 e. The summed E-state index contributed by atoms with van der Waals surface area (Å²) in [5.41, 5.74) is 5.07. The van der Waals surface area contributed by atoms with Crippen molar-refractivity contribution in [3.63, 3.8) is 0 Å². The molecule has 0 saturated heterocycles. The van der Waals surface area contributed by atoms with Crippen LogP contribution in [0, 0.1) is 0 Å². The smallest absolute Gasteiger partial charge is 0.330 e. The van der Waals surface area contributed by atoms with Gasteiger partial charge in [0, 0.05) is 4.90 Å². The normalized spacial score (nSPS) is 11.8. The molecule has 0 spiro atoms. The van der Waals surface area contributed by atoms with Crippen LogP contribution in [0.15, 0.2) is 23.1 Å². The van der Waals surface area contributed by atoms with Crippen molar-refractivity contribution in [3.8, 4) is 0 Å². The van der Waals surface area contributed by atoms with Crippen LogP contribution < -0.4 is 5.73 Å². The molecular formula is C13H18F3NS. The van der Waals surface area contributed by atoms with Crippen LogP contribution in [0.5, 0.6) is 0 Å². The van der Waals surface area contributed by atoms with Crippen LogP contribution in [0.4, 0.5) is 13.2 Å². The minimum atomic E-state index is -4.30. The molecule has 5 heteroatoms. The number of hydrogen-bond donors (Lipinski definition) is 1. The Bertz CT molecular complexity index is 377. The van der Waals surface area contributed by atoms with E-state index in [0.29, 0.717) is 4.90 Å². The molecule has 0 amide bonds. The van der Waals surface area contributed by atoms with E-state index in [0.717, 1.165) is 18.6 Å².